The molecule has 0 aliphatic rings. The summed E-state index contributed by atoms with van der Waals surface area (Å²) >= 11 is 0. The van der Waals surface area contributed by atoms with Gasteiger partial charge in [-0.3, -0.25) is 4.98 Å². The summed E-state index contributed by atoms with van der Waals surface area (Å²) in [6, 6.07) is 3.74. The third-order valence-corrected chi connectivity index (χ3v) is 4.50. The van der Waals surface area contributed by atoms with E-state index in [0.29, 0.717) is 16.7 Å². The fourth-order valence-electron chi connectivity index (χ4n) is 2.68. The molecule has 0 radical (unpaired) electrons. The molecule has 3 aromatic heterocycles. The van der Waals surface area contributed by atoms with Crippen molar-refractivity contribution in [1.29, 1.82) is 0 Å². The Kier molecular flexibility index (Phi) is 8.86. The predicted molar refractivity (Wildman–Crippen MR) is 111 cm³/mol. The van der Waals surface area contributed by atoms with E-state index in [0.717, 1.165) is 27.8 Å². The fourth-order valence-corrected chi connectivity index (χ4v) is 2.68. The molecule has 0 unspecified atom stereocenters. The smallest absolute Gasteiger partial charge is 0.475 e. The van der Waals surface area contributed by atoms with Gasteiger partial charge in [0.2, 0.25) is 0 Å². The van der Waals surface area contributed by atoms with Crippen LogP contribution in [0, 0.1) is 6.92 Å². The van der Waals surface area contributed by atoms with Crippen LogP contribution in [0.5, 0.6) is 0 Å². The molecule has 0 fully saturated rings. The average Bonchev–Trinajstić information content (AvgIpc) is 3.16. The molecule has 37 heavy (non-hydrogen) atoms. The molecule has 200 valence electrons. The van der Waals surface area contributed by atoms with Gasteiger partial charge in [0.05, 0.1) is 6.54 Å². The summed E-state index contributed by atoms with van der Waals surface area (Å²) in [5, 5.41) is 10.9. The van der Waals surface area contributed by atoms with E-state index in [1.54, 1.807) is 13.0 Å². The molecule has 3 heterocycles. The quantitative estimate of drug-likeness (QED) is 0.474. The highest BCUT2D eigenvalue weighted by Crippen LogP contribution is 2.29. The first-order valence-corrected chi connectivity index (χ1v) is 9.74. The zero-order chi connectivity index (χ0) is 28.1. The number of aliphatic carboxylic acids is 1. The van der Waals surface area contributed by atoms with Crippen LogP contribution in [0.1, 0.15) is 11.3 Å². The van der Waals surface area contributed by atoms with E-state index in [4.69, 9.17) is 15.6 Å². The third-order valence-electron chi connectivity index (χ3n) is 4.50. The molecule has 0 bridgehead atoms. The summed E-state index contributed by atoms with van der Waals surface area (Å²) in [6.45, 7) is 0.757. The van der Waals surface area contributed by atoms with Crippen LogP contribution in [0.3, 0.4) is 0 Å². The number of hydrogen-bond donors (Lipinski definition) is 2. The highest BCUT2D eigenvalue weighted by molar-refractivity contribution is 5.73. The summed E-state index contributed by atoms with van der Waals surface area (Å²) in [7, 11) is 0. The molecule has 0 aliphatic carbocycles. The summed E-state index contributed by atoms with van der Waals surface area (Å²) < 4.78 is 97.1. The number of nitrogens with two attached hydrogens (primary N) is 1. The summed E-state index contributed by atoms with van der Waals surface area (Å²) in [6.07, 6.45) is -8.01. The van der Waals surface area contributed by atoms with E-state index in [1.807, 2.05) is 0 Å². The Morgan fingerprint density at radius 3 is 2.08 bits per heavy atom. The number of carboxylic acid groups (broad SMARTS) is 1. The zero-order valence-electron chi connectivity index (χ0n) is 18.5. The van der Waals surface area contributed by atoms with Crippen LogP contribution in [0.15, 0.2) is 53.4 Å². The molecule has 0 saturated heterocycles. The van der Waals surface area contributed by atoms with Gasteiger partial charge in [0.1, 0.15) is 17.8 Å². The number of halogens is 8. The lowest BCUT2D eigenvalue weighted by molar-refractivity contribution is -0.192. The second kappa shape index (κ2) is 11.3. The highest BCUT2D eigenvalue weighted by Gasteiger charge is 2.38. The lowest BCUT2D eigenvalue weighted by atomic mass is 10.1. The van der Waals surface area contributed by atoms with Gasteiger partial charge in [-0.1, -0.05) is 6.07 Å². The van der Waals surface area contributed by atoms with Crippen LogP contribution in [0.2, 0.25) is 0 Å². The molecule has 3 N–H and O–H groups in total. The Labute approximate surface area is 201 Å². The molecule has 0 atom stereocenters. The van der Waals surface area contributed by atoms with Crippen LogP contribution in [0.4, 0.5) is 35.1 Å². The van der Waals surface area contributed by atoms with Crippen LogP contribution in [0.25, 0.3) is 16.9 Å². The first kappa shape index (κ1) is 29.1. The van der Waals surface area contributed by atoms with Gasteiger partial charge in [0, 0.05) is 35.6 Å². The standard InChI is InChI=1S/C18H15F5N6O.C2HF3O2/c1-10-4-12(11-2-3-14(25-6-11)18(21,22)23)7-26-16(10)28-9-27-29(17(28)30)8-13(5-24)15(19)20;3-2(4,5)1(6)7/h2-4,6-7,9H,5,8,24H2,1H3;(H,6,7). The summed E-state index contributed by atoms with van der Waals surface area (Å²) in [4.78, 5) is 29.0. The molecule has 0 amide bonds. The Bertz CT molecular complexity index is 1340. The van der Waals surface area contributed by atoms with Gasteiger partial charge in [0.25, 0.3) is 6.08 Å². The Morgan fingerprint density at radius 1 is 1.05 bits per heavy atom. The molecule has 0 spiro atoms. The Morgan fingerprint density at radius 2 is 1.65 bits per heavy atom. The fraction of sp³-hybridized carbons (Fsp3) is 0.250. The van der Waals surface area contributed by atoms with Crippen LogP contribution < -0.4 is 11.4 Å². The van der Waals surface area contributed by atoms with Crippen LogP contribution in [-0.4, -0.2) is 48.1 Å². The van der Waals surface area contributed by atoms with Gasteiger partial charge >= 0.3 is 24.0 Å². The van der Waals surface area contributed by atoms with Gasteiger partial charge in [-0.15, -0.1) is 0 Å². The van der Waals surface area contributed by atoms with Gasteiger partial charge < -0.3 is 10.8 Å². The molecular formula is C20H16F8N6O3. The van der Waals surface area contributed by atoms with Crippen molar-refractivity contribution in [2.45, 2.75) is 25.8 Å². The maximum atomic E-state index is 12.8. The summed E-state index contributed by atoms with van der Waals surface area (Å²) in [5.41, 5.74) is 4.54. The van der Waals surface area contributed by atoms with Crippen molar-refractivity contribution in [2.24, 2.45) is 5.73 Å². The minimum atomic E-state index is -5.08. The normalized spacial score (nSPS) is 11.5. The average molecular weight is 540 g/mol. The molecule has 9 nitrogen and oxygen atoms in total. The number of aromatic nitrogens is 5. The first-order chi connectivity index (χ1) is 17.1. The number of alkyl halides is 6. The van der Waals surface area contributed by atoms with E-state index < -0.39 is 54.4 Å². The number of carbonyl (C=O) groups is 1. The van der Waals surface area contributed by atoms with Crippen LogP contribution >= 0.6 is 0 Å². The van der Waals surface area contributed by atoms with Crippen LogP contribution in [-0.2, 0) is 17.5 Å². The second-order valence-electron chi connectivity index (χ2n) is 7.11. The molecule has 0 aliphatic heterocycles. The minimum absolute atomic E-state index is 0.203. The number of carboxylic acids is 1. The molecule has 3 aromatic rings. The topological polar surface area (TPSA) is 129 Å². The van der Waals surface area contributed by atoms with Crippen molar-refractivity contribution < 1.29 is 45.0 Å². The van der Waals surface area contributed by atoms with E-state index in [9.17, 15) is 39.9 Å². The molecule has 17 heteroatoms. The Balaban J connectivity index is 0.000000604. The van der Waals surface area contributed by atoms with Crippen molar-refractivity contribution in [3.05, 3.63) is 70.3 Å². The number of aryl methyl sites for hydroxylation is 1. The first-order valence-electron chi connectivity index (χ1n) is 9.74. The van der Waals surface area contributed by atoms with Crippen molar-refractivity contribution >= 4 is 5.97 Å². The van der Waals surface area contributed by atoms with Gasteiger partial charge in [-0.05, 0) is 24.6 Å². The SMILES string of the molecule is Cc1cc(-c2ccc(C(F)(F)F)nc2)cnc1-n1cnn(CC(CN)=C(F)F)c1=O.O=C(O)C(F)(F)F. The molecule has 3 rings (SSSR count). The maximum Gasteiger partial charge on any atom is 0.490 e. The maximum absolute atomic E-state index is 12.8. The van der Waals surface area contributed by atoms with Crippen molar-refractivity contribution in [2.75, 3.05) is 6.54 Å². The minimum Gasteiger partial charge on any atom is -0.475 e. The number of pyridine rings is 2. The van der Waals surface area contributed by atoms with Crippen molar-refractivity contribution in [3.63, 3.8) is 0 Å². The van der Waals surface area contributed by atoms with Crippen molar-refractivity contribution in [1.82, 2.24) is 24.3 Å². The molecular weight excluding hydrogens is 524 g/mol. The molecule has 0 saturated carbocycles. The highest BCUT2D eigenvalue weighted by atomic mass is 19.4. The lowest BCUT2D eigenvalue weighted by Crippen LogP contribution is -2.27. The summed E-state index contributed by atoms with van der Waals surface area (Å²) in [5.74, 6) is -2.55. The van der Waals surface area contributed by atoms with Gasteiger partial charge in [-0.25, -0.2) is 23.8 Å². The number of hydrogen-bond acceptors (Lipinski definition) is 6. The van der Waals surface area contributed by atoms with Gasteiger partial charge in [0.15, 0.2) is 0 Å². The number of rotatable bonds is 5. The number of nitrogens with zero attached hydrogens (tertiary/aromatic N) is 5. The van der Waals surface area contributed by atoms with Crippen molar-refractivity contribution in [3.8, 4) is 16.9 Å². The van der Waals surface area contributed by atoms with E-state index in [2.05, 4.69) is 15.1 Å². The third kappa shape index (κ3) is 7.42. The van der Waals surface area contributed by atoms with E-state index >= 15 is 0 Å². The van der Waals surface area contributed by atoms with Gasteiger partial charge in [-0.2, -0.15) is 40.2 Å². The predicted octanol–water partition coefficient (Wildman–Crippen LogP) is 3.56. The van der Waals surface area contributed by atoms with E-state index in [-0.39, 0.29) is 5.82 Å². The Hall–Kier alpha value is -4.15. The second-order valence-corrected chi connectivity index (χ2v) is 7.11. The van der Waals surface area contributed by atoms with E-state index in [1.165, 1.54) is 12.3 Å². The largest absolute Gasteiger partial charge is 0.490 e. The molecule has 0 aromatic carbocycles. The monoisotopic (exact) mass is 540 g/mol. The lowest BCUT2D eigenvalue weighted by Gasteiger charge is -2.09. The zero-order valence-corrected chi connectivity index (χ0v) is 18.5.